The highest BCUT2D eigenvalue weighted by atomic mass is 35.5. The van der Waals surface area contributed by atoms with Gasteiger partial charge in [0.15, 0.2) is 5.71 Å². The quantitative estimate of drug-likeness (QED) is 0.700. The van der Waals surface area contributed by atoms with E-state index in [1.165, 1.54) is 60.2 Å². The van der Waals surface area contributed by atoms with E-state index in [-0.39, 0.29) is 0 Å². The molecule has 2 aromatic rings. The van der Waals surface area contributed by atoms with Crippen molar-refractivity contribution in [2.24, 2.45) is 0 Å². The smallest absolute Gasteiger partial charge is 0.200 e. The molecule has 3 heteroatoms. The van der Waals surface area contributed by atoms with Crippen LogP contribution in [0.1, 0.15) is 30.5 Å². The molecule has 0 atom stereocenters. The lowest BCUT2D eigenvalue weighted by molar-refractivity contribution is -0.533. The second-order valence-corrected chi connectivity index (χ2v) is 5.75. The average Bonchev–Trinajstić information content (AvgIpc) is 2.77. The first-order chi connectivity index (χ1) is 8.83. The molecule has 0 saturated carbocycles. The molecule has 0 aliphatic carbocycles. The summed E-state index contributed by atoms with van der Waals surface area (Å²) >= 11 is 6.12. The van der Waals surface area contributed by atoms with Crippen LogP contribution < -0.4 is 0 Å². The van der Waals surface area contributed by atoms with E-state index in [9.17, 15) is 0 Å². The molecule has 2 aliphatic heterocycles. The summed E-state index contributed by atoms with van der Waals surface area (Å²) in [7, 11) is 0. The molecule has 0 bridgehead atoms. The van der Waals surface area contributed by atoms with Gasteiger partial charge in [0, 0.05) is 35.2 Å². The van der Waals surface area contributed by atoms with Crippen LogP contribution in [0.3, 0.4) is 0 Å². The maximum absolute atomic E-state index is 6.12. The van der Waals surface area contributed by atoms with Crippen LogP contribution in [0.2, 0.25) is 5.02 Å². The van der Waals surface area contributed by atoms with Crippen LogP contribution in [0.5, 0.6) is 0 Å². The predicted molar refractivity (Wildman–Crippen MR) is 75.0 cm³/mol. The molecule has 1 aromatic heterocycles. The molecular formula is C15H16ClN2+. The van der Waals surface area contributed by atoms with Gasteiger partial charge in [-0.25, -0.2) is 4.58 Å². The van der Waals surface area contributed by atoms with E-state index in [1.54, 1.807) is 0 Å². The molecule has 0 amide bonds. The van der Waals surface area contributed by atoms with Crippen molar-refractivity contribution in [3.8, 4) is 0 Å². The number of benzene rings is 1. The fourth-order valence-electron chi connectivity index (χ4n) is 3.39. The number of H-pyrrole nitrogens is 1. The Morgan fingerprint density at radius 1 is 1.11 bits per heavy atom. The van der Waals surface area contributed by atoms with E-state index in [1.807, 2.05) is 6.07 Å². The lowest BCUT2D eigenvalue weighted by Crippen LogP contribution is -2.33. The third-order valence-corrected chi connectivity index (χ3v) is 4.50. The lowest BCUT2D eigenvalue weighted by Gasteiger charge is -2.19. The fraction of sp³-hybridized carbons (Fsp3) is 0.400. The second-order valence-electron chi connectivity index (χ2n) is 5.31. The highest BCUT2D eigenvalue weighted by Crippen LogP contribution is 2.30. The van der Waals surface area contributed by atoms with Gasteiger partial charge in [0.2, 0.25) is 0 Å². The molecule has 0 radical (unpaired) electrons. The number of aromatic nitrogens is 1. The van der Waals surface area contributed by atoms with Gasteiger partial charge in [0.1, 0.15) is 18.8 Å². The van der Waals surface area contributed by atoms with Gasteiger partial charge in [0.25, 0.3) is 0 Å². The third-order valence-electron chi connectivity index (χ3n) is 4.26. The number of hydrogen-bond donors (Lipinski definition) is 1. The van der Waals surface area contributed by atoms with Gasteiger partial charge < -0.3 is 4.98 Å². The standard InChI is InChI=1S/C15H15ClN2/c16-10-4-5-13-12(9-10)11-6-8-18-7-2-1-3-14(18)15(11)17-13/h4-5,9H,1-3,6-8H2/p+1. The summed E-state index contributed by atoms with van der Waals surface area (Å²) in [5.41, 5.74) is 5.60. The highest BCUT2D eigenvalue weighted by molar-refractivity contribution is 6.31. The van der Waals surface area contributed by atoms with Crippen molar-refractivity contribution in [3.05, 3.63) is 34.5 Å². The zero-order valence-corrected chi connectivity index (χ0v) is 11.1. The Kier molecular flexibility index (Phi) is 2.28. The zero-order valence-electron chi connectivity index (χ0n) is 10.3. The third kappa shape index (κ3) is 1.45. The van der Waals surface area contributed by atoms with Crippen LogP contribution in [-0.4, -0.2) is 28.4 Å². The maximum Gasteiger partial charge on any atom is 0.200 e. The molecule has 1 N–H and O–H groups in total. The first-order valence-electron chi connectivity index (χ1n) is 6.74. The SMILES string of the molecule is Clc1ccc2[nH]c3c(c2c1)CC[N+]1=C3CCCC1. The molecule has 0 saturated heterocycles. The second kappa shape index (κ2) is 3.86. The molecule has 0 unspecified atom stereocenters. The minimum absolute atomic E-state index is 0.834. The van der Waals surface area contributed by atoms with Crippen molar-refractivity contribution in [1.29, 1.82) is 0 Å². The highest BCUT2D eigenvalue weighted by Gasteiger charge is 2.30. The van der Waals surface area contributed by atoms with Crippen LogP contribution in [-0.2, 0) is 6.42 Å². The van der Waals surface area contributed by atoms with E-state index in [4.69, 9.17) is 11.6 Å². The predicted octanol–water partition coefficient (Wildman–Crippen LogP) is 3.36. The molecule has 3 heterocycles. The minimum Gasteiger partial charge on any atom is -0.350 e. The van der Waals surface area contributed by atoms with Crippen molar-refractivity contribution in [1.82, 2.24) is 4.98 Å². The van der Waals surface area contributed by atoms with E-state index >= 15 is 0 Å². The molecule has 2 aliphatic rings. The van der Waals surface area contributed by atoms with Crippen LogP contribution in [0.15, 0.2) is 18.2 Å². The molecule has 1 aromatic carbocycles. The Bertz CT molecular complexity index is 666. The Morgan fingerprint density at radius 3 is 3.00 bits per heavy atom. The Hall–Kier alpha value is -1.28. The van der Waals surface area contributed by atoms with Crippen molar-refractivity contribution in [2.45, 2.75) is 25.7 Å². The summed E-state index contributed by atoms with van der Waals surface area (Å²) < 4.78 is 2.56. The van der Waals surface area contributed by atoms with Crippen molar-refractivity contribution < 1.29 is 4.58 Å². The summed E-state index contributed by atoms with van der Waals surface area (Å²) in [6.07, 6.45) is 5.01. The first kappa shape index (κ1) is 10.6. The van der Waals surface area contributed by atoms with Gasteiger partial charge in [-0.2, -0.15) is 0 Å². The largest absolute Gasteiger partial charge is 0.350 e. The molecule has 18 heavy (non-hydrogen) atoms. The van der Waals surface area contributed by atoms with Crippen molar-refractivity contribution >= 4 is 28.2 Å². The van der Waals surface area contributed by atoms with E-state index in [2.05, 4.69) is 21.7 Å². The molecular weight excluding hydrogens is 244 g/mol. The monoisotopic (exact) mass is 259 g/mol. The molecule has 92 valence electrons. The topological polar surface area (TPSA) is 18.8 Å². The number of nitrogens with one attached hydrogen (secondary N) is 1. The maximum atomic E-state index is 6.12. The summed E-state index contributed by atoms with van der Waals surface area (Å²) in [4.78, 5) is 3.61. The van der Waals surface area contributed by atoms with Gasteiger partial charge in [-0.3, -0.25) is 0 Å². The summed E-state index contributed by atoms with van der Waals surface area (Å²) in [6, 6.07) is 6.17. The molecule has 4 rings (SSSR count). The van der Waals surface area contributed by atoms with Gasteiger partial charge in [-0.05, 0) is 30.2 Å². The van der Waals surface area contributed by atoms with E-state index < -0.39 is 0 Å². The number of aromatic amines is 1. The number of halogens is 1. The van der Waals surface area contributed by atoms with Gasteiger partial charge in [-0.15, -0.1) is 0 Å². The number of hydrogen-bond acceptors (Lipinski definition) is 0. The summed E-state index contributed by atoms with van der Waals surface area (Å²) in [5.74, 6) is 0. The normalized spacial score (nSPS) is 18.9. The van der Waals surface area contributed by atoms with Crippen LogP contribution in [0.25, 0.3) is 10.9 Å². The number of nitrogens with zero attached hydrogens (tertiary/aromatic N) is 1. The average molecular weight is 260 g/mol. The van der Waals surface area contributed by atoms with Crippen LogP contribution in [0, 0.1) is 0 Å². The van der Waals surface area contributed by atoms with E-state index in [0.29, 0.717) is 0 Å². The van der Waals surface area contributed by atoms with Crippen LogP contribution >= 0.6 is 11.6 Å². The van der Waals surface area contributed by atoms with E-state index in [0.717, 1.165) is 11.4 Å². The molecule has 0 spiro atoms. The van der Waals surface area contributed by atoms with Gasteiger partial charge >= 0.3 is 0 Å². The number of rotatable bonds is 0. The summed E-state index contributed by atoms with van der Waals surface area (Å²) in [5, 5.41) is 2.15. The van der Waals surface area contributed by atoms with Crippen molar-refractivity contribution in [3.63, 3.8) is 0 Å². The van der Waals surface area contributed by atoms with Gasteiger partial charge in [-0.1, -0.05) is 11.6 Å². The Balaban J connectivity index is 1.99. The summed E-state index contributed by atoms with van der Waals surface area (Å²) in [6.45, 7) is 2.40. The first-order valence-corrected chi connectivity index (χ1v) is 7.12. The number of fused-ring (bicyclic) bond motifs is 4. The lowest BCUT2D eigenvalue weighted by atomic mass is 9.96. The zero-order chi connectivity index (χ0) is 12.1. The van der Waals surface area contributed by atoms with Crippen LogP contribution in [0.4, 0.5) is 0 Å². The molecule has 2 nitrogen and oxygen atoms in total. The van der Waals surface area contributed by atoms with Crippen molar-refractivity contribution in [2.75, 3.05) is 13.1 Å². The molecule has 0 fully saturated rings. The Labute approximate surface area is 111 Å². The fourth-order valence-corrected chi connectivity index (χ4v) is 3.56. The minimum atomic E-state index is 0.834. The Morgan fingerprint density at radius 2 is 2.06 bits per heavy atom. The van der Waals surface area contributed by atoms with Gasteiger partial charge in [0.05, 0.1) is 0 Å².